The van der Waals surface area contributed by atoms with Crippen LogP contribution in [0.2, 0.25) is 0 Å². The van der Waals surface area contributed by atoms with Crippen molar-refractivity contribution < 1.29 is 4.74 Å². The third-order valence-corrected chi connectivity index (χ3v) is 1.82. The van der Waals surface area contributed by atoms with E-state index >= 15 is 0 Å². The Bertz CT molecular complexity index is 184. The average molecular weight is 165 g/mol. The standard InChI is InChI=1S/C10H15NO/c1-3-4-7-11(2)10-6-5-8-12-9-10/h5-6,8H,3-4,7H2,1-2H3. The van der Waals surface area contributed by atoms with E-state index in [1.165, 1.54) is 12.8 Å². The van der Waals surface area contributed by atoms with Crippen molar-refractivity contribution in [2.24, 2.45) is 0 Å². The fraction of sp³-hybridized carbons (Fsp3) is 0.500. The number of likely N-dealkylation sites (N-methyl/N-ethyl adjacent to an activating group) is 1. The lowest BCUT2D eigenvalue weighted by molar-refractivity contribution is 0.295. The molecule has 0 fully saturated rings. The van der Waals surface area contributed by atoms with Crippen LogP contribution in [-0.2, 0) is 4.74 Å². The molecule has 2 radical (unpaired) electrons. The summed E-state index contributed by atoms with van der Waals surface area (Å²) in [6, 6.07) is 0. The van der Waals surface area contributed by atoms with Gasteiger partial charge in [-0.15, -0.1) is 0 Å². The highest BCUT2D eigenvalue weighted by atomic mass is 16.5. The van der Waals surface area contributed by atoms with Crippen molar-refractivity contribution in [1.82, 2.24) is 4.90 Å². The fourth-order valence-corrected chi connectivity index (χ4v) is 1.02. The van der Waals surface area contributed by atoms with Crippen molar-refractivity contribution in [1.29, 1.82) is 0 Å². The van der Waals surface area contributed by atoms with Gasteiger partial charge in [0.25, 0.3) is 0 Å². The predicted octanol–water partition coefficient (Wildman–Crippen LogP) is 2.18. The van der Waals surface area contributed by atoms with Crippen molar-refractivity contribution in [3.05, 3.63) is 30.7 Å². The summed E-state index contributed by atoms with van der Waals surface area (Å²) >= 11 is 0. The minimum absolute atomic E-state index is 1.02. The lowest BCUT2D eigenvalue weighted by atomic mass is 10.3. The van der Waals surface area contributed by atoms with Gasteiger partial charge in [0.15, 0.2) is 0 Å². The largest absolute Gasteiger partial charge is 0.479 e. The number of hydrogen-bond acceptors (Lipinski definition) is 2. The van der Waals surface area contributed by atoms with Gasteiger partial charge in [-0.1, -0.05) is 13.3 Å². The van der Waals surface area contributed by atoms with E-state index < -0.39 is 0 Å². The maximum atomic E-state index is 4.94. The van der Waals surface area contributed by atoms with Gasteiger partial charge in [0.05, 0.1) is 12.0 Å². The highest BCUT2D eigenvalue weighted by Gasteiger charge is 2.07. The van der Waals surface area contributed by atoms with Gasteiger partial charge in [-0.05, 0) is 18.6 Å². The summed E-state index contributed by atoms with van der Waals surface area (Å²) in [7, 11) is 2.05. The minimum atomic E-state index is 1.02. The molecule has 1 rings (SSSR count). The molecule has 0 unspecified atom stereocenters. The van der Waals surface area contributed by atoms with Gasteiger partial charge in [-0.2, -0.15) is 0 Å². The molecule has 0 aromatic rings. The second-order valence-corrected chi connectivity index (χ2v) is 2.88. The molecule has 1 aliphatic rings. The van der Waals surface area contributed by atoms with Crippen molar-refractivity contribution in [2.45, 2.75) is 19.8 Å². The lowest BCUT2D eigenvalue weighted by Gasteiger charge is -2.21. The highest BCUT2D eigenvalue weighted by Crippen LogP contribution is 2.11. The van der Waals surface area contributed by atoms with Gasteiger partial charge < -0.3 is 9.64 Å². The average Bonchev–Trinajstić information content (AvgIpc) is 2.15. The van der Waals surface area contributed by atoms with Crippen LogP contribution in [-0.4, -0.2) is 18.5 Å². The SMILES string of the molecule is CCCCN(C)C1=CC=CO[C]1. The maximum absolute atomic E-state index is 4.94. The molecule has 0 atom stereocenters. The first-order valence-electron chi connectivity index (χ1n) is 4.34. The molecule has 12 heavy (non-hydrogen) atoms. The predicted molar refractivity (Wildman–Crippen MR) is 49.1 cm³/mol. The first kappa shape index (κ1) is 9.17. The smallest absolute Gasteiger partial charge is 0.246 e. The summed E-state index contributed by atoms with van der Waals surface area (Å²) in [4.78, 5) is 2.15. The zero-order chi connectivity index (χ0) is 8.81. The monoisotopic (exact) mass is 165 g/mol. The zero-order valence-electron chi connectivity index (χ0n) is 7.71. The van der Waals surface area contributed by atoms with Crippen LogP contribution in [0.25, 0.3) is 0 Å². The third-order valence-electron chi connectivity index (χ3n) is 1.82. The van der Waals surface area contributed by atoms with Crippen LogP contribution in [0.5, 0.6) is 0 Å². The molecule has 1 heterocycles. The maximum Gasteiger partial charge on any atom is 0.246 e. The van der Waals surface area contributed by atoms with Gasteiger partial charge in [-0.25, -0.2) is 0 Å². The van der Waals surface area contributed by atoms with Gasteiger partial charge in [0.2, 0.25) is 6.61 Å². The van der Waals surface area contributed by atoms with E-state index in [0.29, 0.717) is 0 Å². The molecule has 2 heteroatoms. The van der Waals surface area contributed by atoms with Gasteiger partial charge in [0.1, 0.15) is 0 Å². The van der Waals surface area contributed by atoms with Crippen LogP contribution in [0.15, 0.2) is 24.1 Å². The number of nitrogens with zero attached hydrogens (tertiary/aromatic N) is 1. The van der Waals surface area contributed by atoms with E-state index in [-0.39, 0.29) is 0 Å². The Morgan fingerprint density at radius 1 is 1.58 bits per heavy atom. The molecule has 0 bridgehead atoms. The molecule has 0 saturated carbocycles. The molecule has 0 aromatic carbocycles. The Hall–Kier alpha value is -0.920. The first-order chi connectivity index (χ1) is 5.84. The lowest BCUT2D eigenvalue weighted by Crippen LogP contribution is -2.20. The van der Waals surface area contributed by atoms with Gasteiger partial charge in [-0.3, -0.25) is 0 Å². The normalized spacial score (nSPS) is 15.3. The number of allylic oxidation sites excluding steroid dienone is 2. The van der Waals surface area contributed by atoms with Gasteiger partial charge in [0, 0.05) is 13.6 Å². The van der Waals surface area contributed by atoms with E-state index in [1.54, 1.807) is 6.26 Å². The molecular formula is C10H15NO. The van der Waals surface area contributed by atoms with E-state index in [9.17, 15) is 0 Å². The Morgan fingerprint density at radius 2 is 2.42 bits per heavy atom. The molecule has 0 amide bonds. The molecule has 0 spiro atoms. The molecule has 66 valence electrons. The van der Waals surface area contributed by atoms with Crippen molar-refractivity contribution >= 4 is 0 Å². The zero-order valence-corrected chi connectivity index (χ0v) is 7.71. The third kappa shape index (κ3) is 2.61. The molecular weight excluding hydrogens is 150 g/mol. The van der Waals surface area contributed by atoms with Crippen molar-refractivity contribution in [3.63, 3.8) is 0 Å². The number of hydrogen-bond donors (Lipinski definition) is 0. The Kier molecular flexibility index (Phi) is 3.71. The fourth-order valence-electron chi connectivity index (χ4n) is 1.02. The van der Waals surface area contributed by atoms with Crippen LogP contribution in [0.3, 0.4) is 0 Å². The topological polar surface area (TPSA) is 12.5 Å². The van der Waals surface area contributed by atoms with E-state index in [2.05, 4.69) is 25.5 Å². The quantitative estimate of drug-likeness (QED) is 0.633. The molecule has 0 aromatic heterocycles. The van der Waals surface area contributed by atoms with Crippen LogP contribution < -0.4 is 0 Å². The summed E-state index contributed by atoms with van der Waals surface area (Å²) in [5.74, 6) is 0. The van der Waals surface area contributed by atoms with E-state index in [1.807, 2.05) is 12.2 Å². The summed E-state index contributed by atoms with van der Waals surface area (Å²) in [6.07, 6.45) is 7.93. The summed E-state index contributed by atoms with van der Waals surface area (Å²) < 4.78 is 4.94. The van der Waals surface area contributed by atoms with Crippen LogP contribution >= 0.6 is 0 Å². The number of rotatable bonds is 4. The number of ether oxygens (including phenoxy) is 1. The van der Waals surface area contributed by atoms with Crippen molar-refractivity contribution in [2.75, 3.05) is 13.6 Å². The van der Waals surface area contributed by atoms with Crippen molar-refractivity contribution in [3.8, 4) is 0 Å². The molecule has 0 saturated heterocycles. The molecule has 0 N–H and O–H groups in total. The first-order valence-corrected chi connectivity index (χ1v) is 4.34. The Balaban J connectivity index is 2.35. The molecule has 0 aliphatic carbocycles. The Morgan fingerprint density at radius 3 is 3.00 bits per heavy atom. The van der Waals surface area contributed by atoms with E-state index in [4.69, 9.17) is 4.74 Å². The van der Waals surface area contributed by atoms with Gasteiger partial charge >= 0.3 is 0 Å². The van der Waals surface area contributed by atoms with Crippen LogP contribution in [0.4, 0.5) is 0 Å². The Labute approximate surface area is 74.5 Å². The number of unbranched alkanes of at least 4 members (excludes halogenated alkanes) is 1. The summed E-state index contributed by atoms with van der Waals surface area (Å²) in [5.41, 5.74) is 1.02. The second kappa shape index (κ2) is 4.86. The highest BCUT2D eigenvalue weighted by molar-refractivity contribution is 5.18. The second-order valence-electron chi connectivity index (χ2n) is 2.88. The summed E-state index contributed by atoms with van der Waals surface area (Å²) in [6.45, 7) is 6.08. The van der Waals surface area contributed by atoms with Crippen LogP contribution in [0.1, 0.15) is 19.8 Å². The van der Waals surface area contributed by atoms with Crippen LogP contribution in [0, 0.1) is 6.61 Å². The molecule has 1 aliphatic heterocycles. The van der Waals surface area contributed by atoms with E-state index in [0.717, 1.165) is 12.2 Å². The molecule has 2 nitrogen and oxygen atoms in total. The minimum Gasteiger partial charge on any atom is -0.479 e. The summed E-state index contributed by atoms with van der Waals surface area (Å²) in [5, 5.41) is 0.